The minimum Gasteiger partial charge on any atom is -0.496 e. The van der Waals surface area contributed by atoms with E-state index >= 15 is 0 Å². The molecule has 0 saturated heterocycles. The minimum absolute atomic E-state index is 0.0397. The number of nitrogens with zero attached hydrogens (tertiary/aromatic N) is 2. The molecule has 13 heteroatoms. The summed E-state index contributed by atoms with van der Waals surface area (Å²) in [5.41, 5.74) is -0.358. The maximum atomic E-state index is 13.6. The van der Waals surface area contributed by atoms with Crippen LogP contribution in [0.25, 0.3) is 5.70 Å². The number of aromatic nitrogens is 2. The third-order valence-corrected chi connectivity index (χ3v) is 6.14. The van der Waals surface area contributed by atoms with Crippen LogP contribution in [0.1, 0.15) is 62.3 Å². The summed E-state index contributed by atoms with van der Waals surface area (Å²) in [6.07, 6.45) is 1.92. The van der Waals surface area contributed by atoms with Crippen molar-refractivity contribution in [2.45, 2.75) is 64.9 Å². The molecule has 0 bridgehead atoms. The number of methoxy groups -OCH3 is 1. The Balaban J connectivity index is 1.70. The largest absolute Gasteiger partial charge is 0.496 e. The molecule has 1 unspecified atom stereocenters. The highest BCUT2D eigenvalue weighted by Gasteiger charge is 2.36. The maximum Gasteiger partial charge on any atom is 0.435 e. The molecule has 0 radical (unpaired) electrons. The first kappa shape index (κ1) is 33.0. The molecule has 43 heavy (non-hydrogen) atoms. The molecule has 1 atom stereocenters. The van der Waals surface area contributed by atoms with Crippen molar-refractivity contribution >= 4 is 23.6 Å². The minimum atomic E-state index is -4.75. The summed E-state index contributed by atoms with van der Waals surface area (Å²) in [5.74, 6) is -0.611. The van der Waals surface area contributed by atoms with Gasteiger partial charge in [-0.15, -0.1) is 0 Å². The van der Waals surface area contributed by atoms with Crippen molar-refractivity contribution in [2.24, 2.45) is 0 Å². The number of allylic oxidation sites excluding steroid dienone is 4. The first-order chi connectivity index (χ1) is 20.2. The van der Waals surface area contributed by atoms with Crippen molar-refractivity contribution in [1.82, 2.24) is 25.7 Å². The summed E-state index contributed by atoms with van der Waals surface area (Å²) in [6, 6.07) is 6.87. The van der Waals surface area contributed by atoms with E-state index in [-0.39, 0.29) is 25.2 Å². The van der Waals surface area contributed by atoms with Crippen LogP contribution in [0.15, 0.2) is 60.2 Å². The van der Waals surface area contributed by atoms with E-state index in [0.29, 0.717) is 23.4 Å². The van der Waals surface area contributed by atoms with Gasteiger partial charge in [-0.2, -0.15) is 18.3 Å². The quantitative estimate of drug-likeness (QED) is 0.371. The molecule has 10 nitrogen and oxygen atoms in total. The molecule has 3 rings (SSSR count). The number of hydrogen-bond acceptors (Lipinski definition) is 6. The normalized spacial score (nSPS) is 17.6. The van der Waals surface area contributed by atoms with Crippen LogP contribution in [-0.4, -0.2) is 53.0 Å². The van der Waals surface area contributed by atoms with Crippen molar-refractivity contribution in [3.05, 3.63) is 77.2 Å². The van der Waals surface area contributed by atoms with Crippen molar-refractivity contribution < 1.29 is 37.0 Å². The monoisotopic (exact) mass is 603 g/mol. The van der Waals surface area contributed by atoms with Crippen LogP contribution < -0.4 is 20.7 Å². The lowest BCUT2D eigenvalue weighted by molar-refractivity contribution is -0.141. The molecule has 1 aliphatic rings. The molecular formula is C30H36F3N5O5. The van der Waals surface area contributed by atoms with Crippen molar-refractivity contribution in [3.63, 3.8) is 0 Å². The molecule has 1 aromatic heterocycles. The van der Waals surface area contributed by atoms with Gasteiger partial charge in [-0.3, -0.25) is 9.59 Å². The second-order valence-corrected chi connectivity index (χ2v) is 10.7. The number of carbonyl (C=O) groups is 3. The number of rotatable bonds is 9. The van der Waals surface area contributed by atoms with Gasteiger partial charge in [0.2, 0.25) is 5.91 Å². The van der Waals surface area contributed by atoms with Crippen molar-refractivity contribution in [2.75, 3.05) is 13.7 Å². The van der Waals surface area contributed by atoms with Crippen LogP contribution in [0.5, 0.6) is 5.75 Å². The number of hydrogen-bond donors (Lipinski definition) is 3. The lowest BCUT2D eigenvalue weighted by Gasteiger charge is -2.21. The smallest absolute Gasteiger partial charge is 0.435 e. The Morgan fingerprint density at radius 2 is 1.81 bits per heavy atom. The zero-order chi connectivity index (χ0) is 31.8. The number of benzene rings is 1. The van der Waals surface area contributed by atoms with Gasteiger partial charge in [-0.25, -0.2) is 9.48 Å². The van der Waals surface area contributed by atoms with Crippen LogP contribution in [0, 0.1) is 0 Å². The van der Waals surface area contributed by atoms with E-state index in [4.69, 9.17) is 9.47 Å². The maximum absolute atomic E-state index is 13.6. The summed E-state index contributed by atoms with van der Waals surface area (Å²) in [4.78, 5) is 37.4. The fourth-order valence-electron chi connectivity index (χ4n) is 4.05. The molecule has 3 amide bonds. The van der Waals surface area contributed by atoms with E-state index in [2.05, 4.69) is 21.0 Å². The van der Waals surface area contributed by atoms with E-state index in [1.165, 1.54) is 14.0 Å². The molecule has 3 N–H and O–H groups in total. The fraction of sp³-hybridized carbons (Fsp3) is 0.400. The predicted molar refractivity (Wildman–Crippen MR) is 154 cm³/mol. The molecule has 232 valence electrons. The zero-order valence-electron chi connectivity index (χ0n) is 24.7. The highest BCUT2D eigenvalue weighted by Crippen LogP contribution is 2.30. The summed E-state index contributed by atoms with van der Waals surface area (Å²) >= 11 is 0. The van der Waals surface area contributed by atoms with E-state index in [1.54, 1.807) is 63.3 Å². The molecule has 1 heterocycles. The van der Waals surface area contributed by atoms with Gasteiger partial charge in [-0.05, 0) is 58.3 Å². The number of ether oxygens (including phenoxy) is 2. The topological polar surface area (TPSA) is 124 Å². The van der Waals surface area contributed by atoms with Gasteiger partial charge in [0.1, 0.15) is 23.1 Å². The van der Waals surface area contributed by atoms with E-state index in [0.717, 1.165) is 16.3 Å². The highest BCUT2D eigenvalue weighted by molar-refractivity contribution is 5.94. The van der Waals surface area contributed by atoms with E-state index < -0.39 is 41.4 Å². The lowest BCUT2D eigenvalue weighted by Crippen LogP contribution is -2.46. The summed E-state index contributed by atoms with van der Waals surface area (Å²) in [6.45, 7) is 6.87. The van der Waals surface area contributed by atoms with Gasteiger partial charge in [0.05, 0.1) is 7.11 Å². The summed E-state index contributed by atoms with van der Waals surface area (Å²) < 4.78 is 52.2. The SMILES string of the molecule is COc1ccccc1CNC(=O)c1cc(C(F)(F)F)nn1\C1=C/C=C\C(CNC(=O)C(C)NC(=O)OC(C)(C)C)=C/CC1. The molecule has 0 spiro atoms. The number of nitrogens with one attached hydrogen (secondary N) is 3. The summed E-state index contributed by atoms with van der Waals surface area (Å²) in [5, 5.41) is 11.6. The molecular weight excluding hydrogens is 567 g/mol. The van der Waals surface area contributed by atoms with Crippen LogP contribution >= 0.6 is 0 Å². The first-order valence-corrected chi connectivity index (χ1v) is 13.6. The van der Waals surface area contributed by atoms with Crippen molar-refractivity contribution in [1.29, 1.82) is 0 Å². The molecule has 1 aliphatic carbocycles. The third kappa shape index (κ3) is 9.76. The molecule has 0 aliphatic heterocycles. The average Bonchev–Trinajstić information content (AvgIpc) is 3.36. The second-order valence-electron chi connectivity index (χ2n) is 10.7. The van der Waals surface area contributed by atoms with Gasteiger partial charge in [-0.1, -0.05) is 36.4 Å². The predicted octanol–water partition coefficient (Wildman–Crippen LogP) is 4.99. The van der Waals surface area contributed by atoms with Gasteiger partial charge in [0, 0.05) is 30.4 Å². The fourth-order valence-corrected chi connectivity index (χ4v) is 4.05. The van der Waals surface area contributed by atoms with Gasteiger partial charge in [0.25, 0.3) is 5.91 Å². The second kappa shape index (κ2) is 14.1. The van der Waals surface area contributed by atoms with E-state index in [1.807, 2.05) is 6.08 Å². The molecule has 2 aromatic rings. The Kier molecular flexibility index (Phi) is 10.8. The van der Waals surface area contributed by atoms with Crippen molar-refractivity contribution in [3.8, 4) is 5.75 Å². The average molecular weight is 604 g/mol. The Bertz CT molecular complexity index is 1420. The lowest BCUT2D eigenvalue weighted by atomic mass is 10.1. The zero-order valence-corrected chi connectivity index (χ0v) is 24.7. The van der Waals surface area contributed by atoms with Gasteiger partial charge < -0.3 is 25.4 Å². The molecule has 0 saturated carbocycles. The van der Waals surface area contributed by atoms with Crippen LogP contribution in [0.2, 0.25) is 0 Å². The molecule has 1 aromatic carbocycles. The first-order valence-electron chi connectivity index (χ1n) is 13.6. The Labute approximate surface area is 248 Å². The van der Waals surface area contributed by atoms with E-state index in [9.17, 15) is 27.6 Å². The van der Waals surface area contributed by atoms with Crippen LogP contribution in [0.3, 0.4) is 0 Å². The number of para-hydroxylation sites is 1. The number of halogens is 3. The Morgan fingerprint density at radius 3 is 2.49 bits per heavy atom. The Hall–Kier alpha value is -4.55. The Morgan fingerprint density at radius 1 is 1.09 bits per heavy atom. The number of amides is 3. The van der Waals surface area contributed by atoms with Crippen LogP contribution in [0.4, 0.5) is 18.0 Å². The number of carbonyl (C=O) groups excluding carboxylic acids is 3. The summed E-state index contributed by atoms with van der Waals surface area (Å²) in [7, 11) is 1.48. The molecule has 0 fully saturated rings. The number of alkyl halides is 3. The highest BCUT2D eigenvalue weighted by atomic mass is 19.4. The standard InChI is InChI=1S/C30H36F3N5O5/c1-19(36-28(41)43-29(2,3)4)26(39)34-17-20-10-8-13-22(14-9-11-20)38-23(16-25(37-38)30(31,32)33)27(40)35-18-21-12-6-7-15-24(21)42-5/h6-8,10-13,15-16,19H,9,14,17-18H2,1-5H3,(H,34,39)(H,35,40)(H,36,41)/b10-8-,20-11+,22-13-. The van der Waals surface area contributed by atoms with Gasteiger partial charge >= 0.3 is 12.3 Å². The number of alkyl carbamates (subject to hydrolysis) is 1. The van der Waals surface area contributed by atoms with Gasteiger partial charge in [0.15, 0.2) is 5.69 Å². The third-order valence-electron chi connectivity index (χ3n) is 6.14. The van der Waals surface area contributed by atoms with Crippen LogP contribution in [-0.2, 0) is 22.3 Å².